The van der Waals surface area contributed by atoms with Crippen molar-refractivity contribution in [2.45, 2.75) is 25.3 Å². The largest absolute Gasteiger partial charge is 0.454 e. The molecule has 1 amide bonds. The number of benzene rings is 1. The summed E-state index contributed by atoms with van der Waals surface area (Å²) < 4.78 is 10.5. The highest BCUT2D eigenvalue weighted by molar-refractivity contribution is 7.15. The minimum absolute atomic E-state index is 0.194. The topological polar surface area (TPSA) is 86.5 Å². The van der Waals surface area contributed by atoms with Crippen molar-refractivity contribution in [3.63, 3.8) is 0 Å². The van der Waals surface area contributed by atoms with Gasteiger partial charge in [-0.2, -0.15) is 0 Å². The molecule has 1 atom stereocenters. The lowest BCUT2D eigenvalue weighted by Crippen LogP contribution is -2.27. The smallest absolute Gasteiger partial charge is 0.257 e. The Labute approximate surface area is 131 Å². The standard InChI is InChI=1S/C15H15N3O3S/c16-9-2-3-10-13(6-9)22-15(17-10)18-14(19)8-1-4-11-12(5-8)21-7-20-11/h1,4-5,9H,2-3,6-7,16H2,(H,17,18,19)/t9-/m0/s1. The van der Waals surface area contributed by atoms with Crippen LogP contribution in [-0.2, 0) is 12.8 Å². The number of fused-ring (bicyclic) bond motifs is 2. The van der Waals surface area contributed by atoms with Crippen LogP contribution in [0.2, 0.25) is 0 Å². The minimum atomic E-state index is -0.200. The van der Waals surface area contributed by atoms with Gasteiger partial charge in [0.15, 0.2) is 16.6 Å². The van der Waals surface area contributed by atoms with E-state index in [1.165, 1.54) is 16.2 Å². The number of amides is 1. The van der Waals surface area contributed by atoms with E-state index in [1.807, 2.05) is 0 Å². The zero-order chi connectivity index (χ0) is 15.1. The summed E-state index contributed by atoms with van der Waals surface area (Å²) in [5.74, 6) is 1.06. The summed E-state index contributed by atoms with van der Waals surface area (Å²) in [7, 11) is 0. The molecule has 1 aliphatic carbocycles. The number of aromatic nitrogens is 1. The number of carbonyl (C=O) groups excluding carboxylic acids is 1. The maximum Gasteiger partial charge on any atom is 0.257 e. The summed E-state index contributed by atoms with van der Waals surface area (Å²) in [5.41, 5.74) is 7.55. The van der Waals surface area contributed by atoms with Gasteiger partial charge in [0.25, 0.3) is 5.91 Å². The summed E-state index contributed by atoms with van der Waals surface area (Å²) in [6, 6.07) is 5.33. The Morgan fingerprint density at radius 3 is 3.14 bits per heavy atom. The number of ether oxygens (including phenoxy) is 2. The molecule has 22 heavy (non-hydrogen) atoms. The molecule has 3 N–H and O–H groups in total. The molecule has 114 valence electrons. The van der Waals surface area contributed by atoms with Crippen LogP contribution < -0.4 is 20.5 Å². The third-order valence-electron chi connectivity index (χ3n) is 3.83. The number of hydrogen-bond donors (Lipinski definition) is 2. The van der Waals surface area contributed by atoms with Crippen LogP contribution in [0.3, 0.4) is 0 Å². The van der Waals surface area contributed by atoms with E-state index in [-0.39, 0.29) is 18.7 Å². The molecule has 6 nitrogen and oxygen atoms in total. The first-order valence-electron chi connectivity index (χ1n) is 7.14. The first kappa shape index (κ1) is 13.5. The quantitative estimate of drug-likeness (QED) is 0.884. The third kappa shape index (κ3) is 2.42. The molecule has 0 unspecified atom stereocenters. The lowest BCUT2D eigenvalue weighted by atomic mass is 9.99. The summed E-state index contributed by atoms with van der Waals surface area (Å²) in [6.07, 6.45) is 2.67. The predicted molar refractivity (Wildman–Crippen MR) is 82.6 cm³/mol. The van der Waals surface area contributed by atoms with Gasteiger partial charge in [-0.05, 0) is 37.5 Å². The van der Waals surface area contributed by atoms with Crippen LogP contribution in [0.4, 0.5) is 5.13 Å². The Morgan fingerprint density at radius 1 is 1.36 bits per heavy atom. The number of rotatable bonds is 2. The number of thiazole rings is 1. The molecule has 1 aromatic carbocycles. The molecule has 0 fully saturated rings. The average molecular weight is 317 g/mol. The second kappa shape index (κ2) is 5.26. The van der Waals surface area contributed by atoms with E-state index in [9.17, 15) is 4.79 Å². The van der Waals surface area contributed by atoms with Gasteiger partial charge in [-0.15, -0.1) is 11.3 Å². The lowest BCUT2D eigenvalue weighted by molar-refractivity contribution is 0.102. The predicted octanol–water partition coefficient (Wildman–Crippen LogP) is 1.94. The minimum Gasteiger partial charge on any atom is -0.454 e. The highest BCUT2D eigenvalue weighted by Crippen LogP contribution is 2.33. The van der Waals surface area contributed by atoms with E-state index >= 15 is 0 Å². The van der Waals surface area contributed by atoms with Gasteiger partial charge < -0.3 is 15.2 Å². The Bertz CT molecular complexity index is 744. The Kier molecular flexibility index (Phi) is 3.24. The molecule has 1 aliphatic heterocycles. The Morgan fingerprint density at radius 2 is 2.23 bits per heavy atom. The lowest BCUT2D eigenvalue weighted by Gasteiger charge is -2.15. The monoisotopic (exact) mass is 317 g/mol. The normalized spacial score (nSPS) is 18.9. The molecule has 0 spiro atoms. The zero-order valence-corrected chi connectivity index (χ0v) is 12.6. The van der Waals surface area contributed by atoms with Gasteiger partial charge in [0.2, 0.25) is 6.79 Å². The van der Waals surface area contributed by atoms with Crippen molar-refractivity contribution in [2.24, 2.45) is 5.73 Å². The van der Waals surface area contributed by atoms with E-state index in [2.05, 4.69) is 10.3 Å². The molecule has 2 heterocycles. The third-order valence-corrected chi connectivity index (χ3v) is 4.87. The van der Waals surface area contributed by atoms with E-state index in [4.69, 9.17) is 15.2 Å². The molecular weight excluding hydrogens is 302 g/mol. The summed E-state index contributed by atoms with van der Waals surface area (Å²) in [4.78, 5) is 18.0. The fraction of sp³-hybridized carbons (Fsp3) is 0.333. The second-order valence-corrected chi connectivity index (χ2v) is 6.50. The van der Waals surface area contributed by atoms with Gasteiger partial charge in [0.1, 0.15) is 0 Å². The molecule has 0 saturated carbocycles. The fourth-order valence-corrected chi connectivity index (χ4v) is 3.76. The number of nitrogens with two attached hydrogens (primary N) is 1. The van der Waals surface area contributed by atoms with Crippen molar-refractivity contribution in [2.75, 3.05) is 12.1 Å². The number of nitrogens with one attached hydrogen (secondary N) is 1. The highest BCUT2D eigenvalue weighted by Gasteiger charge is 2.21. The first-order chi connectivity index (χ1) is 10.7. The van der Waals surface area contributed by atoms with E-state index in [1.54, 1.807) is 18.2 Å². The molecular formula is C15H15N3O3S. The zero-order valence-electron chi connectivity index (χ0n) is 11.8. The van der Waals surface area contributed by atoms with Crippen molar-refractivity contribution in [3.05, 3.63) is 34.3 Å². The first-order valence-corrected chi connectivity index (χ1v) is 7.96. The molecule has 0 bridgehead atoms. The van der Waals surface area contributed by atoms with Crippen molar-refractivity contribution in [3.8, 4) is 11.5 Å². The Hall–Kier alpha value is -2.12. The van der Waals surface area contributed by atoms with E-state index in [0.29, 0.717) is 22.2 Å². The average Bonchev–Trinajstić information content (AvgIpc) is 3.11. The van der Waals surface area contributed by atoms with Gasteiger partial charge in [-0.1, -0.05) is 0 Å². The molecule has 2 aromatic rings. The maximum atomic E-state index is 12.3. The van der Waals surface area contributed by atoms with Gasteiger partial charge >= 0.3 is 0 Å². The summed E-state index contributed by atoms with van der Waals surface area (Å²) in [6.45, 7) is 0.194. The molecule has 0 saturated heterocycles. The SMILES string of the molecule is N[C@H]1CCc2nc(NC(=O)c3ccc4c(c3)OCO4)sc2C1. The molecule has 7 heteroatoms. The van der Waals surface area contributed by atoms with Gasteiger partial charge in [0.05, 0.1) is 5.69 Å². The van der Waals surface area contributed by atoms with Crippen LogP contribution in [0.1, 0.15) is 27.3 Å². The van der Waals surface area contributed by atoms with Gasteiger partial charge in [0, 0.05) is 16.5 Å². The van der Waals surface area contributed by atoms with Crippen molar-refractivity contribution < 1.29 is 14.3 Å². The van der Waals surface area contributed by atoms with Gasteiger partial charge in [-0.25, -0.2) is 4.98 Å². The van der Waals surface area contributed by atoms with Crippen molar-refractivity contribution in [1.29, 1.82) is 0 Å². The number of aryl methyl sites for hydroxylation is 1. The number of nitrogens with zero attached hydrogens (tertiary/aromatic N) is 1. The maximum absolute atomic E-state index is 12.3. The Balaban J connectivity index is 1.52. The number of carbonyl (C=O) groups is 1. The van der Waals surface area contributed by atoms with Crippen molar-refractivity contribution >= 4 is 22.4 Å². The molecule has 2 aliphatic rings. The summed E-state index contributed by atoms with van der Waals surface area (Å²) in [5, 5.41) is 3.48. The van der Waals surface area contributed by atoms with Crippen LogP contribution in [0, 0.1) is 0 Å². The highest BCUT2D eigenvalue weighted by atomic mass is 32.1. The van der Waals surface area contributed by atoms with Crippen LogP contribution in [-0.4, -0.2) is 23.7 Å². The van der Waals surface area contributed by atoms with E-state index in [0.717, 1.165) is 25.0 Å². The summed E-state index contributed by atoms with van der Waals surface area (Å²) >= 11 is 1.51. The van der Waals surface area contributed by atoms with Crippen LogP contribution in [0.25, 0.3) is 0 Å². The molecule has 0 radical (unpaired) electrons. The number of anilines is 1. The molecule has 1 aromatic heterocycles. The van der Waals surface area contributed by atoms with E-state index < -0.39 is 0 Å². The second-order valence-electron chi connectivity index (χ2n) is 5.41. The van der Waals surface area contributed by atoms with Crippen molar-refractivity contribution in [1.82, 2.24) is 4.98 Å². The number of hydrogen-bond acceptors (Lipinski definition) is 6. The van der Waals surface area contributed by atoms with Crippen LogP contribution in [0.15, 0.2) is 18.2 Å². The van der Waals surface area contributed by atoms with Gasteiger partial charge in [-0.3, -0.25) is 10.1 Å². The fourth-order valence-electron chi connectivity index (χ4n) is 2.66. The van der Waals surface area contributed by atoms with Crippen LogP contribution in [0.5, 0.6) is 11.5 Å². The molecule has 4 rings (SSSR count). The van der Waals surface area contributed by atoms with Crippen LogP contribution >= 0.6 is 11.3 Å².